The van der Waals surface area contributed by atoms with E-state index in [0.29, 0.717) is 6.54 Å². The normalized spacial score (nSPS) is 13.3. The van der Waals surface area contributed by atoms with Crippen LogP contribution >= 0.6 is 0 Å². The molecule has 0 N–H and O–H groups in total. The Morgan fingerprint density at radius 1 is 1.12 bits per heavy atom. The summed E-state index contributed by atoms with van der Waals surface area (Å²) in [5, 5.41) is 0. The van der Waals surface area contributed by atoms with Crippen LogP contribution in [0.2, 0.25) is 0 Å². The molecule has 0 unspecified atom stereocenters. The van der Waals surface area contributed by atoms with Crippen molar-refractivity contribution in [3.63, 3.8) is 0 Å². The second-order valence-corrected chi connectivity index (χ2v) is 6.67. The number of benzene rings is 2. The molecule has 0 aromatic heterocycles. The van der Waals surface area contributed by atoms with Crippen molar-refractivity contribution in [2.75, 3.05) is 22.9 Å². The lowest BCUT2D eigenvalue weighted by Crippen LogP contribution is -2.44. The van der Waals surface area contributed by atoms with Crippen LogP contribution in [-0.4, -0.2) is 24.9 Å². The van der Waals surface area contributed by atoms with Gasteiger partial charge in [0.2, 0.25) is 11.8 Å². The molecule has 130 valence electrons. The maximum Gasteiger partial charge on any atom is 0.247 e. The Labute approximate surface area is 149 Å². The van der Waals surface area contributed by atoms with Crippen LogP contribution in [0.5, 0.6) is 0 Å². The molecule has 0 spiro atoms. The molecule has 1 aliphatic heterocycles. The van der Waals surface area contributed by atoms with Gasteiger partial charge in [-0.25, -0.2) is 0 Å². The molecule has 0 bridgehead atoms. The van der Waals surface area contributed by atoms with Gasteiger partial charge in [-0.2, -0.15) is 0 Å². The number of carbonyl (C=O) groups excluding carboxylic acids is 2. The fraction of sp³-hybridized carbons (Fsp3) is 0.333. The standard InChI is InChI=1S/C21H24N2O2/c1-15-10-11-19(16(2)13-15)23(17(3)24)14-21(25)22-12-6-8-18-7-4-5-9-20(18)22/h4-5,7,9-11,13H,6,8,12,14H2,1-3H3. The smallest absolute Gasteiger partial charge is 0.247 e. The highest BCUT2D eigenvalue weighted by Gasteiger charge is 2.25. The first-order valence-corrected chi connectivity index (χ1v) is 8.71. The van der Waals surface area contributed by atoms with Crippen LogP contribution in [0.25, 0.3) is 0 Å². The molecule has 0 saturated carbocycles. The summed E-state index contributed by atoms with van der Waals surface area (Å²) in [6, 6.07) is 13.9. The van der Waals surface area contributed by atoms with Crippen LogP contribution in [-0.2, 0) is 16.0 Å². The lowest BCUT2D eigenvalue weighted by molar-refractivity contribution is -0.121. The number of hydrogen-bond acceptors (Lipinski definition) is 2. The summed E-state index contributed by atoms with van der Waals surface area (Å²) in [7, 11) is 0. The highest BCUT2D eigenvalue weighted by atomic mass is 16.2. The first-order valence-electron chi connectivity index (χ1n) is 8.71. The second-order valence-electron chi connectivity index (χ2n) is 6.67. The number of fused-ring (bicyclic) bond motifs is 1. The van der Waals surface area contributed by atoms with Gasteiger partial charge >= 0.3 is 0 Å². The van der Waals surface area contributed by atoms with E-state index in [4.69, 9.17) is 0 Å². The average Bonchev–Trinajstić information content (AvgIpc) is 2.59. The summed E-state index contributed by atoms with van der Waals surface area (Å²) in [6.45, 7) is 6.27. The van der Waals surface area contributed by atoms with Crippen LogP contribution in [0.15, 0.2) is 42.5 Å². The molecule has 2 aromatic rings. The molecule has 4 nitrogen and oxygen atoms in total. The van der Waals surface area contributed by atoms with Crippen molar-refractivity contribution in [2.45, 2.75) is 33.6 Å². The summed E-state index contributed by atoms with van der Waals surface area (Å²) in [6.07, 6.45) is 1.94. The largest absolute Gasteiger partial charge is 0.311 e. The number of carbonyl (C=O) groups is 2. The van der Waals surface area contributed by atoms with Crippen LogP contribution in [0.3, 0.4) is 0 Å². The molecule has 4 heteroatoms. The van der Waals surface area contributed by atoms with E-state index >= 15 is 0 Å². The molecule has 1 heterocycles. The molecule has 0 aliphatic carbocycles. The van der Waals surface area contributed by atoms with Gasteiger partial charge in [0.1, 0.15) is 6.54 Å². The van der Waals surface area contributed by atoms with Gasteiger partial charge in [0.25, 0.3) is 0 Å². The number of aryl methyl sites for hydroxylation is 3. The maximum absolute atomic E-state index is 13.0. The predicted octanol–water partition coefficient (Wildman–Crippen LogP) is 3.64. The van der Waals surface area contributed by atoms with Gasteiger partial charge in [0.05, 0.1) is 0 Å². The van der Waals surface area contributed by atoms with E-state index in [0.717, 1.165) is 35.3 Å². The number of nitrogens with zero attached hydrogens (tertiary/aromatic N) is 2. The van der Waals surface area contributed by atoms with E-state index in [2.05, 4.69) is 6.07 Å². The number of para-hydroxylation sites is 1. The minimum atomic E-state index is -0.120. The van der Waals surface area contributed by atoms with Crippen molar-refractivity contribution in [2.24, 2.45) is 0 Å². The topological polar surface area (TPSA) is 40.6 Å². The molecular formula is C21H24N2O2. The minimum Gasteiger partial charge on any atom is -0.311 e. The summed E-state index contributed by atoms with van der Waals surface area (Å²) < 4.78 is 0. The molecule has 0 atom stereocenters. The number of rotatable bonds is 3. The third kappa shape index (κ3) is 3.58. The maximum atomic E-state index is 13.0. The Hall–Kier alpha value is -2.62. The summed E-state index contributed by atoms with van der Waals surface area (Å²) in [5.41, 5.74) is 5.12. The van der Waals surface area contributed by atoms with E-state index < -0.39 is 0 Å². The van der Waals surface area contributed by atoms with Crippen molar-refractivity contribution in [3.8, 4) is 0 Å². The van der Waals surface area contributed by atoms with Gasteiger partial charge in [-0.15, -0.1) is 0 Å². The van der Waals surface area contributed by atoms with Crippen LogP contribution in [0.4, 0.5) is 11.4 Å². The molecule has 1 aliphatic rings. The van der Waals surface area contributed by atoms with Crippen LogP contribution in [0.1, 0.15) is 30.0 Å². The van der Waals surface area contributed by atoms with E-state index in [9.17, 15) is 9.59 Å². The molecule has 0 radical (unpaired) electrons. The SMILES string of the molecule is CC(=O)N(CC(=O)N1CCCc2ccccc21)c1ccc(C)cc1C. The van der Waals surface area contributed by atoms with Gasteiger partial charge in [0.15, 0.2) is 0 Å². The van der Waals surface area contributed by atoms with Gasteiger partial charge in [-0.1, -0.05) is 35.9 Å². The van der Waals surface area contributed by atoms with E-state index in [1.54, 1.807) is 4.90 Å². The number of anilines is 2. The lowest BCUT2D eigenvalue weighted by Gasteiger charge is -2.32. The summed E-state index contributed by atoms with van der Waals surface area (Å²) in [4.78, 5) is 28.6. The van der Waals surface area contributed by atoms with Gasteiger partial charge < -0.3 is 9.80 Å². The van der Waals surface area contributed by atoms with Crippen molar-refractivity contribution in [1.29, 1.82) is 0 Å². The third-order valence-electron chi connectivity index (χ3n) is 4.73. The van der Waals surface area contributed by atoms with Crippen molar-refractivity contribution in [3.05, 3.63) is 59.2 Å². The van der Waals surface area contributed by atoms with Crippen molar-refractivity contribution >= 4 is 23.2 Å². The van der Waals surface area contributed by atoms with Crippen molar-refractivity contribution < 1.29 is 9.59 Å². The Morgan fingerprint density at radius 3 is 2.60 bits per heavy atom. The van der Waals surface area contributed by atoms with Gasteiger partial charge in [-0.05, 0) is 49.9 Å². The van der Waals surface area contributed by atoms with E-state index in [1.807, 2.05) is 55.1 Å². The highest BCUT2D eigenvalue weighted by molar-refractivity contribution is 6.03. The molecular weight excluding hydrogens is 312 g/mol. The zero-order valence-electron chi connectivity index (χ0n) is 15.1. The van der Waals surface area contributed by atoms with E-state index in [1.165, 1.54) is 12.5 Å². The van der Waals surface area contributed by atoms with Crippen molar-refractivity contribution in [1.82, 2.24) is 0 Å². The number of amides is 2. The number of hydrogen-bond donors (Lipinski definition) is 0. The zero-order valence-corrected chi connectivity index (χ0v) is 15.1. The predicted molar refractivity (Wildman–Crippen MR) is 101 cm³/mol. The summed E-state index contributed by atoms with van der Waals surface area (Å²) in [5.74, 6) is -0.159. The van der Waals surface area contributed by atoms with E-state index in [-0.39, 0.29) is 18.4 Å². The zero-order chi connectivity index (χ0) is 18.0. The monoisotopic (exact) mass is 336 g/mol. The first kappa shape index (κ1) is 17.2. The Kier molecular flexibility index (Phi) is 4.88. The average molecular weight is 336 g/mol. The molecule has 3 rings (SSSR count). The Morgan fingerprint density at radius 2 is 1.88 bits per heavy atom. The highest BCUT2D eigenvalue weighted by Crippen LogP contribution is 2.28. The fourth-order valence-electron chi connectivity index (χ4n) is 3.49. The molecule has 2 aromatic carbocycles. The van der Waals surface area contributed by atoms with Crippen LogP contribution < -0.4 is 9.80 Å². The summed E-state index contributed by atoms with van der Waals surface area (Å²) >= 11 is 0. The van der Waals surface area contributed by atoms with Gasteiger partial charge in [-0.3, -0.25) is 9.59 Å². The molecule has 0 fully saturated rings. The third-order valence-corrected chi connectivity index (χ3v) is 4.73. The first-order chi connectivity index (χ1) is 12.0. The Balaban J connectivity index is 1.86. The minimum absolute atomic E-state index is 0.0395. The van der Waals surface area contributed by atoms with Gasteiger partial charge in [0, 0.05) is 24.8 Å². The Bertz CT molecular complexity index is 813. The molecule has 25 heavy (non-hydrogen) atoms. The lowest BCUT2D eigenvalue weighted by atomic mass is 10.0. The quantitative estimate of drug-likeness (QED) is 0.859. The second kappa shape index (κ2) is 7.09. The molecule has 0 saturated heterocycles. The molecule has 2 amide bonds. The van der Waals surface area contributed by atoms with Crippen LogP contribution in [0, 0.1) is 13.8 Å². The fourth-order valence-corrected chi connectivity index (χ4v) is 3.49.